The average molecular weight is 277 g/mol. The molecule has 0 aliphatic rings. The molecule has 0 fully saturated rings. The van der Waals surface area contributed by atoms with E-state index in [0.29, 0.717) is 12.2 Å². The molecule has 0 saturated carbocycles. The van der Waals surface area contributed by atoms with Gasteiger partial charge in [0.25, 0.3) is 0 Å². The van der Waals surface area contributed by atoms with Crippen molar-refractivity contribution in [2.45, 2.75) is 20.8 Å². The molecule has 94 valence electrons. The number of ether oxygens (including phenoxy) is 1. The van der Waals surface area contributed by atoms with Crippen LogP contribution in [0, 0.1) is 0 Å². The molecule has 0 saturated heterocycles. The maximum absolute atomic E-state index is 11.5. The Bertz CT molecular complexity index is 400. The number of halogens is 1. The van der Waals surface area contributed by atoms with Crippen molar-refractivity contribution < 1.29 is 22.3 Å². The summed E-state index contributed by atoms with van der Waals surface area (Å²) < 4.78 is 4.95. The molecule has 0 radical (unpaired) electrons. The molecule has 0 atom stereocenters. The summed E-state index contributed by atoms with van der Waals surface area (Å²) in [6.45, 7) is 5.92. The Morgan fingerprint density at radius 2 is 1.78 bits per heavy atom. The summed E-state index contributed by atoms with van der Waals surface area (Å²) in [6.07, 6.45) is 1.98. The Labute approximate surface area is 131 Å². The van der Waals surface area contributed by atoms with Crippen LogP contribution in [0.1, 0.15) is 26.3 Å². The zero-order valence-corrected chi connectivity index (χ0v) is 13.2. The topological polar surface area (TPSA) is 32.3 Å². The summed E-state index contributed by atoms with van der Waals surface area (Å²) >= 11 is 0. The Kier molecular flexibility index (Phi) is 11.3. The van der Waals surface area contributed by atoms with Gasteiger partial charge in [0, 0.05) is 0 Å². The fourth-order valence-electron chi connectivity index (χ4n) is 1.31. The van der Waals surface area contributed by atoms with Crippen LogP contribution in [0.4, 0.5) is 0 Å². The Hall–Kier alpha value is -0.644. The Balaban J connectivity index is 0. The minimum absolute atomic E-state index is 0. The molecular formula is C14H17ClMgO2. The van der Waals surface area contributed by atoms with E-state index in [1.807, 2.05) is 43.3 Å². The average Bonchev–Trinajstić information content (AvgIpc) is 2.29. The SMILES string of the molecule is CCO/C([O-])=C(C)\C(C)=C/c1ccccc1.[Cl-].[Mg+2]. The first kappa shape index (κ1) is 19.7. The first-order valence-corrected chi connectivity index (χ1v) is 5.39. The van der Waals surface area contributed by atoms with E-state index in [-0.39, 0.29) is 41.4 Å². The van der Waals surface area contributed by atoms with Crippen molar-refractivity contribution in [3.05, 3.63) is 53.0 Å². The van der Waals surface area contributed by atoms with Crippen molar-refractivity contribution in [1.29, 1.82) is 0 Å². The van der Waals surface area contributed by atoms with Gasteiger partial charge in [-0.25, -0.2) is 0 Å². The van der Waals surface area contributed by atoms with Gasteiger partial charge in [-0.05, 0) is 37.2 Å². The van der Waals surface area contributed by atoms with Gasteiger partial charge in [0.15, 0.2) is 0 Å². The zero-order chi connectivity index (χ0) is 12.0. The monoisotopic (exact) mass is 276 g/mol. The zero-order valence-electron chi connectivity index (χ0n) is 11.1. The second-order valence-corrected chi connectivity index (χ2v) is 3.58. The molecule has 2 nitrogen and oxygen atoms in total. The second-order valence-electron chi connectivity index (χ2n) is 3.58. The minimum Gasteiger partial charge on any atom is -1.00 e. The number of rotatable bonds is 4. The summed E-state index contributed by atoms with van der Waals surface area (Å²) in [7, 11) is 0. The first-order chi connectivity index (χ1) is 7.65. The molecule has 0 aliphatic carbocycles. The molecule has 0 heterocycles. The molecule has 4 heteroatoms. The summed E-state index contributed by atoms with van der Waals surface area (Å²) in [6, 6.07) is 9.91. The van der Waals surface area contributed by atoms with Crippen molar-refractivity contribution in [2.24, 2.45) is 0 Å². The molecule has 0 unspecified atom stereocenters. The molecule has 0 bridgehead atoms. The number of benzene rings is 1. The number of allylic oxidation sites excluding steroid dienone is 2. The Morgan fingerprint density at radius 3 is 2.28 bits per heavy atom. The van der Waals surface area contributed by atoms with Gasteiger partial charge in [-0.3, -0.25) is 0 Å². The van der Waals surface area contributed by atoms with Crippen molar-refractivity contribution >= 4 is 29.1 Å². The smallest absolute Gasteiger partial charge is 1.00 e. The van der Waals surface area contributed by atoms with Crippen molar-refractivity contribution in [2.75, 3.05) is 6.61 Å². The molecule has 0 spiro atoms. The minimum atomic E-state index is -0.243. The predicted molar refractivity (Wildman–Crippen MR) is 70.2 cm³/mol. The van der Waals surface area contributed by atoms with Crippen LogP contribution in [-0.2, 0) is 4.74 Å². The van der Waals surface area contributed by atoms with Gasteiger partial charge in [0.2, 0.25) is 0 Å². The van der Waals surface area contributed by atoms with Crippen LogP contribution in [0.5, 0.6) is 0 Å². The van der Waals surface area contributed by atoms with E-state index in [1.165, 1.54) is 0 Å². The van der Waals surface area contributed by atoms with Crippen LogP contribution < -0.4 is 17.5 Å². The summed E-state index contributed by atoms with van der Waals surface area (Å²) in [4.78, 5) is 0. The normalized spacial score (nSPS) is 11.8. The quantitative estimate of drug-likeness (QED) is 0.416. The summed E-state index contributed by atoms with van der Waals surface area (Å²) in [5, 5.41) is 11.5. The van der Waals surface area contributed by atoms with Gasteiger partial charge in [-0.1, -0.05) is 43.3 Å². The molecule has 0 N–H and O–H groups in total. The predicted octanol–water partition coefficient (Wildman–Crippen LogP) is -0.659. The van der Waals surface area contributed by atoms with E-state index in [9.17, 15) is 5.11 Å². The van der Waals surface area contributed by atoms with Crippen LogP contribution >= 0.6 is 0 Å². The Morgan fingerprint density at radius 1 is 1.22 bits per heavy atom. The number of hydrogen-bond donors (Lipinski definition) is 0. The van der Waals surface area contributed by atoms with Gasteiger partial charge >= 0.3 is 23.1 Å². The first-order valence-electron chi connectivity index (χ1n) is 5.39. The molecular weight excluding hydrogens is 260 g/mol. The van der Waals surface area contributed by atoms with Crippen LogP contribution in [0.3, 0.4) is 0 Å². The molecule has 0 aromatic heterocycles. The van der Waals surface area contributed by atoms with Crippen LogP contribution in [0.15, 0.2) is 47.4 Å². The third kappa shape index (κ3) is 6.33. The van der Waals surface area contributed by atoms with E-state index in [2.05, 4.69) is 0 Å². The van der Waals surface area contributed by atoms with E-state index in [0.717, 1.165) is 11.1 Å². The third-order valence-electron chi connectivity index (χ3n) is 2.36. The molecule has 18 heavy (non-hydrogen) atoms. The summed E-state index contributed by atoms with van der Waals surface area (Å²) in [5.74, 6) is -0.243. The van der Waals surface area contributed by atoms with Crippen molar-refractivity contribution in [3.63, 3.8) is 0 Å². The second kappa shape index (κ2) is 10.3. The van der Waals surface area contributed by atoms with Gasteiger partial charge in [-0.2, -0.15) is 0 Å². The molecule has 1 aromatic carbocycles. The van der Waals surface area contributed by atoms with Crippen LogP contribution in [-0.4, -0.2) is 29.7 Å². The molecule has 1 rings (SSSR count). The van der Waals surface area contributed by atoms with Gasteiger partial charge in [-0.15, -0.1) is 0 Å². The van der Waals surface area contributed by atoms with Crippen molar-refractivity contribution in [1.82, 2.24) is 0 Å². The van der Waals surface area contributed by atoms with E-state index >= 15 is 0 Å². The molecule has 0 amide bonds. The standard InChI is InChI=1S/C14H18O2.ClH.Mg/c1-4-16-14(15)12(3)11(2)10-13-8-6-5-7-9-13;;/h5-10,15H,4H2,1-3H3;1H;/q;;+2/p-2/b11-10-,14-12-;;. The van der Waals surface area contributed by atoms with Gasteiger partial charge in [0.05, 0.1) is 5.95 Å². The van der Waals surface area contributed by atoms with Gasteiger partial charge in [0.1, 0.15) is 0 Å². The molecule has 1 aromatic rings. The fraction of sp³-hybridized carbons (Fsp3) is 0.286. The van der Waals surface area contributed by atoms with E-state index < -0.39 is 0 Å². The van der Waals surface area contributed by atoms with Crippen LogP contribution in [0.25, 0.3) is 6.08 Å². The summed E-state index contributed by atoms with van der Waals surface area (Å²) in [5.41, 5.74) is 2.68. The maximum Gasteiger partial charge on any atom is 2.00 e. The van der Waals surface area contributed by atoms with E-state index in [1.54, 1.807) is 13.8 Å². The maximum atomic E-state index is 11.5. The van der Waals surface area contributed by atoms with Crippen LogP contribution in [0.2, 0.25) is 0 Å². The number of hydrogen-bond acceptors (Lipinski definition) is 2. The molecule has 0 aliphatic heterocycles. The van der Waals surface area contributed by atoms with Gasteiger partial charge < -0.3 is 22.3 Å². The fourth-order valence-corrected chi connectivity index (χ4v) is 1.31. The van der Waals surface area contributed by atoms with Crippen molar-refractivity contribution in [3.8, 4) is 0 Å². The van der Waals surface area contributed by atoms with E-state index in [4.69, 9.17) is 4.74 Å². The third-order valence-corrected chi connectivity index (χ3v) is 2.36. The largest absolute Gasteiger partial charge is 2.00 e.